The minimum absolute atomic E-state index is 0.261. The summed E-state index contributed by atoms with van der Waals surface area (Å²) in [6.07, 6.45) is 7.63. The van der Waals surface area contributed by atoms with Crippen molar-refractivity contribution in [2.24, 2.45) is 7.05 Å². The molecular formula is C19H18N4O2S. The first-order valence-corrected chi connectivity index (χ1v) is 9.40. The number of carbonyl (C=O) groups excluding carboxylic acids is 2. The number of fused-ring (bicyclic) bond motifs is 1. The monoisotopic (exact) mass is 366 g/mol. The van der Waals surface area contributed by atoms with Gasteiger partial charge in [-0.25, -0.2) is 4.98 Å². The largest absolute Gasteiger partial charge is 0.298 e. The number of hydrogen-bond donors (Lipinski definition) is 1. The number of rotatable bonds is 4. The molecule has 1 aliphatic rings. The van der Waals surface area contributed by atoms with Gasteiger partial charge in [0.05, 0.1) is 17.5 Å². The fourth-order valence-corrected chi connectivity index (χ4v) is 3.89. The van der Waals surface area contributed by atoms with Crippen LogP contribution in [0.25, 0.3) is 11.3 Å². The van der Waals surface area contributed by atoms with Crippen molar-refractivity contribution >= 4 is 28.2 Å². The van der Waals surface area contributed by atoms with Gasteiger partial charge in [0.15, 0.2) is 5.13 Å². The highest BCUT2D eigenvalue weighted by atomic mass is 32.1. The Labute approximate surface area is 154 Å². The molecule has 0 fully saturated rings. The Bertz CT molecular complexity index is 989. The summed E-state index contributed by atoms with van der Waals surface area (Å²) >= 11 is 1.31. The first kappa shape index (κ1) is 16.7. The zero-order valence-electron chi connectivity index (χ0n) is 14.4. The molecule has 0 bridgehead atoms. The molecule has 7 heteroatoms. The van der Waals surface area contributed by atoms with Crippen LogP contribution in [0.2, 0.25) is 0 Å². The van der Waals surface area contributed by atoms with Crippen LogP contribution < -0.4 is 5.32 Å². The molecule has 0 spiro atoms. The highest BCUT2D eigenvalue weighted by Crippen LogP contribution is 2.29. The van der Waals surface area contributed by atoms with Crippen molar-refractivity contribution in [1.29, 1.82) is 0 Å². The van der Waals surface area contributed by atoms with Crippen LogP contribution in [0.5, 0.6) is 0 Å². The number of ketones is 1. The molecule has 1 aromatic carbocycles. The number of benzene rings is 1. The number of thiazole rings is 1. The van der Waals surface area contributed by atoms with E-state index in [1.807, 2.05) is 5.38 Å². The van der Waals surface area contributed by atoms with Gasteiger partial charge >= 0.3 is 0 Å². The van der Waals surface area contributed by atoms with Crippen LogP contribution >= 0.6 is 11.3 Å². The fourth-order valence-electron chi connectivity index (χ4n) is 3.18. The Kier molecular flexibility index (Phi) is 4.38. The lowest BCUT2D eigenvalue weighted by atomic mass is 9.90. The summed E-state index contributed by atoms with van der Waals surface area (Å²) in [6, 6.07) is 6.44. The maximum atomic E-state index is 12.1. The second kappa shape index (κ2) is 6.84. The summed E-state index contributed by atoms with van der Waals surface area (Å²) in [5.41, 5.74) is 4.93. The van der Waals surface area contributed by atoms with Crippen molar-refractivity contribution in [3.63, 3.8) is 0 Å². The highest BCUT2D eigenvalue weighted by Gasteiger charge is 2.19. The predicted molar refractivity (Wildman–Crippen MR) is 100 cm³/mol. The zero-order valence-corrected chi connectivity index (χ0v) is 15.2. The molecule has 132 valence electrons. The van der Waals surface area contributed by atoms with E-state index in [1.54, 1.807) is 7.05 Å². The van der Waals surface area contributed by atoms with E-state index in [9.17, 15) is 9.59 Å². The zero-order chi connectivity index (χ0) is 18.1. The number of hydrogen-bond acceptors (Lipinski definition) is 5. The number of carbonyl (C=O) groups is 2. The van der Waals surface area contributed by atoms with Gasteiger partial charge in [-0.15, -0.1) is 11.3 Å². The molecule has 1 amide bonds. The molecule has 2 aromatic heterocycles. The second-order valence-electron chi connectivity index (χ2n) is 6.41. The van der Waals surface area contributed by atoms with Crippen molar-refractivity contribution < 1.29 is 9.59 Å². The molecule has 0 atom stereocenters. The maximum absolute atomic E-state index is 12.1. The molecular weight excluding hydrogens is 348 g/mol. The standard InChI is InChI=1S/C19H18N4O2S/c1-23-10-15(9-20-23)17(24)18(25)22-19-21-16(11-26-19)14-7-6-12-4-2-3-5-13(12)8-14/h6-11H,2-5H2,1H3,(H,21,22,25). The molecule has 3 aromatic rings. The van der Waals surface area contributed by atoms with E-state index >= 15 is 0 Å². The third-order valence-corrected chi connectivity index (χ3v) is 5.30. The lowest BCUT2D eigenvalue weighted by Crippen LogP contribution is -2.22. The lowest BCUT2D eigenvalue weighted by molar-refractivity contribution is -0.112. The number of nitrogens with zero attached hydrogens (tertiary/aromatic N) is 3. The summed E-state index contributed by atoms with van der Waals surface area (Å²) in [4.78, 5) is 28.7. The van der Waals surface area contributed by atoms with E-state index in [2.05, 4.69) is 33.6 Å². The predicted octanol–water partition coefficient (Wildman–Crippen LogP) is 3.24. The first-order chi connectivity index (χ1) is 12.6. The summed E-state index contributed by atoms with van der Waals surface area (Å²) in [5, 5.41) is 8.81. The third-order valence-electron chi connectivity index (χ3n) is 4.54. The number of aryl methyl sites for hydroxylation is 3. The van der Waals surface area contributed by atoms with E-state index in [-0.39, 0.29) is 5.56 Å². The van der Waals surface area contributed by atoms with Crippen molar-refractivity contribution in [2.45, 2.75) is 25.7 Å². The van der Waals surface area contributed by atoms with E-state index in [1.165, 1.54) is 52.4 Å². The van der Waals surface area contributed by atoms with Gasteiger partial charge < -0.3 is 0 Å². The van der Waals surface area contributed by atoms with Gasteiger partial charge in [-0.1, -0.05) is 12.1 Å². The van der Waals surface area contributed by atoms with Crippen LogP contribution in [0, 0.1) is 0 Å². The van der Waals surface area contributed by atoms with Crippen LogP contribution in [0.4, 0.5) is 5.13 Å². The molecule has 2 heterocycles. The van der Waals surface area contributed by atoms with Gasteiger partial charge in [-0.05, 0) is 42.9 Å². The molecule has 1 N–H and O–H groups in total. The maximum Gasteiger partial charge on any atom is 0.298 e. The molecule has 0 radical (unpaired) electrons. The third kappa shape index (κ3) is 3.30. The van der Waals surface area contributed by atoms with Gasteiger partial charge in [-0.3, -0.25) is 19.6 Å². The van der Waals surface area contributed by atoms with E-state index < -0.39 is 11.7 Å². The average Bonchev–Trinajstić information content (AvgIpc) is 3.30. The van der Waals surface area contributed by atoms with Gasteiger partial charge in [0.1, 0.15) is 0 Å². The van der Waals surface area contributed by atoms with Gasteiger partial charge in [0.2, 0.25) is 0 Å². The number of amides is 1. The summed E-state index contributed by atoms with van der Waals surface area (Å²) in [5.74, 6) is -1.33. The molecule has 4 rings (SSSR count). The summed E-state index contributed by atoms with van der Waals surface area (Å²) in [6.45, 7) is 0. The van der Waals surface area contributed by atoms with Crippen molar-refractivity contribution in [3.05, 3.63) is 52.7 Å². The Morgan fingerprint density at radius 3 is 2.77 bits per heavy atom. The molecule has 6 nitrogen and oxygen atoms in total. The van der Waals surface area contributed by atoms with Crippen LogP contribution in [0.1, 0.15) is 34.3 Å². The van der Waals surface area contributed by atoms with Gasteiger partial charge in [-0.2, -0.15) is 5.10 Å². The number of Topliss-reactive ketones (excluding diaryl/α,β-unsaturated/α-hetero) is 1. The van der Waals surface area contributed by atoms with Crippen molar-refractivity contribution in [3.8, 4) is 11.3 Å². The fraction of sp³-hybridized carbons (Fsp3) is 0.263. The van der Waals surface area contributed by atoms with Crippen molar-refractivity contribution in [2.75, 3.05) is 5.32 Å². The van der Waals surface area contributed by atoms with Gasteiger partial charge in [0.25, 0.3) is 11.7 Å². The van der Waals surface area contributed by atoms with Crippen LogP contribution in [-0.2, 0) is 24.7 Å². The van der Waals surface area contributed by atoms with E-state index in [4.69, 9.17) is 0 Å². The van der Waals surface area contributed by atoms with Crippen LogP contribution in [0.15, 0.2) is 36.0 Å². The number of nitrogens with one attached hydrogen (secondary N) is 1. The molecule has 26 heavy (non-hydrogen) atoms. The Morgan fingerprint density at radius 1 is 1.19 bits per heavy atom. The molecule has 0 saturated carbocycles. The lowest BCUT2D eigenvalue weighted by Gasteiger charge is -2.16. The molecule has 0 aliphatic heterocycles. The Morgan fingerprint density at radius 2 is 2.00 bits per heavy atom. The quantitative estimate of drug-likeness (QED) is 0.568. The van der Waals surface area contributed by atoms with Crippen LogP contribution in [0.3, 0.4) is 0 Å². The summed E-state index contributed by atoms with van der Waals surface area (Å²) in [7, 11) is 1.69. The average molecular weight is 366 g/mol. The Hall–Kier alpha value is -2.80. The smallest absolute Gasteiger partial charge is 0.295 e. The topological polar surface area (TPSA) is 76.9 Å². The van der Waals surface area contributed by atoms with Gasteiger partial charge in [0, 0.05) is 24.2 Å². The first-order valence-electron chi connectivity index (χ1n) is 8.52. The Balaban J connectivity index is 1.49. The SMILES string of the molecule is Cn1cc(C(=O)C(=O)Nc2nc(-c3ccc4c(c3)CCCC4)cs2)cn1. The number of anilines is 1. The van der Waals surface area contributed by atoms with E-state index in [0.717, 1.165) is 24.1 Å². The second-order valence-corrected chi connectivity index (χ2v) is 7.27. The van der Waals surface area contributed by atoms with Crippen molar-refractivity contribution in [1.82, 2.24) is 14.8 Å². The highest BCUT2D eigenvalue weighted by molar-refractivity contribution is 7.14. The number of aromatic nitrogens is 3. The summed E-state index contributed by atoms with van der Waals surface area (Å²) < 4.78 is 1.48. The minimum Gasteiger partial charge on any atom is -0.295 e. The normalized spacial score (nSPS) is 13.3. The minimum atomic E-state index is -0.704. The van der Waals surface area contributed by atoms with Crippen LogP contribution in [-0.4, -0.2) is 26.5 Å². The molecule has 0 saturated heterocycles. The molecule has 1 aliphatic carbocycles. The van der Waals surface area contributed by atoms with E-state index in [0.29, 0.717) is 5.13 Å². The molecule has 0 unspecified atom stereocenters.